The molecule has 0 saturated carbocycles. The van der Waals surface area contributed by atoms with Gasteiger partial charge in [-0.15, -0.1) is 0 Å². The van der Waals surface area contributed by atoms with Crippen molar-refractivity contribution < 1.29 is 9.18 Å². The van der Waals surface area contributed by atoms with Crippen molar-refractivity contribution in [3.63, 3.8) is 0 Å². The quantitative estimate of drug-likeness (QED) is 0.501. The number of aromatic nitrogens is 1. The van der Waals surface area contributed by atoms with Gasteiger partial charge in [-0.25, -0.2) is 9.38 Å². The highest BCUT2D eigenvalue weighted by Crippen LogP contribution is 2.19. The molecule has 142 valence electrons. The van der Waals surface area contributed by atoms with Crippen molar-refractivity contribution in [3.8, 4) is 0 Å². The monoisotopic (exact) mass is 396 g/mol. The van der Waals surface area contributed by atoms with Gasteiger partial charge in [0, 0.05) is 28.7 Å². The topological polar surface area (TPSA) is 66.4 Å². The van der Waals surface area contributed by atoms with E-state index in [1.54, 1.807) is 30.6 Å². The number of aliphatic imine (C=N–C) groups is 1. The van der Waals surface area contributed by atoms with Gasteiger partial charge in [0.15, 0.2) is 0 Å². The minimum absolute atomic E-state index is 0.198. The van der Waals surface area contributed by atoms with Gasteiger partial charge < -0.3 is 5.32 Å². The van der Waals surface area contributed by atoms with Crippen LogP contribution in [0.3, 0.4) is 0 Å². The number of rotatable bonds is 4. The standard InChI is InChI=1S/C21H18ClFN4O/c1-14-10-17(22)7-8-19(14)26-21(25-13-15-4-3-9-24-12-15)27-20(28)16-5-2-6-18(23)11-16/h2-12H,13H2,1H3,(H2,25,26,27,28). The molecule has 0 aliphatic rings. The van der Waals surface area contributed by atoms with Crippen molar-refractivity contribution in [2.45, 2.75) is 13.5 Å². The normalized spacial score (nSPS) is 11.2. The van der Waals surface area contributed by atoms with Crippen molar-refractivity contribution in [2.75, 3.05) is 5.32 Å². The molecule has 0 bridgehead atoms. The molecule has 0 fully saturated rings. The largest absolute Gasteiger partial charge is 0.326 e. The number of aryl methyl sites for hydroxylation is 1. The van der Waals surface area contributed by atoms with Crippen LogP contribution in [0.2, 0.25) is 5.02 Å². The molecular weight excluding hydrogens is 379 g/mol. The molecule has 7 heteroatoms. The third kappa shape index (κ3) is 5.37. The lowest BCUT2D eigenvalue weighted by Crippen LogP contribution is -2.36. The molecule has 3 aromatic rings. The van der Waals surface area contributed by atoms with Gasteiger partial charge in [0.2, 0.25) is 5.96 Å². The van der Waals surface area contributed by atoms with Crippen molar-refractivity contribution in [1.29, 1.82) is 0 Å². The Morgan fingerprint density at radius 2 is 2.04 bits per heavy atom. The number of nitrogens with one attached hydrogen (secondary N) is 2. The predicted molar refractivity (Wildman–Crippen MR) is 109 cm³/mol. The molecule has 0 saturated heterocycles. The Balaban J connectivity index is 1.84. The lowest BCUT2D eigenvalue weighted by molar-refractivity contribution is 0.0976. The lowest BCUT2D eigenvalue weighted by atomic mass is 10.2. The van der Waals surface area contributed by atoms with Gasteiger partial charge >= 0.3 is 0 Å². The minimum atomic E-state index is -0.483. The van der Waals surface area contributed by atoms with Crippen LogP contribution in [-0.2, 0) is 6.54 Å². The van der Waals surface area contributed by atoms with E-state index in [1.807, 2.05) is 19.1 Å². The molecule has 0 aliphatic carbocycles. The van der Waals surface area contributed by atoms with Crippen LogP contribution in [-0.4, -0.2) is 16.9 Å². The second-order valence-electron chi connectivity index (χ2n) is 6.07. The van der Waals surface area contributed by atoms with Crippen LogP contribution in [0.5, 0.6) is 0 Å². The molecule has 1 heterocycles. The first-order valence-electron chi connectivity index (χ1n) is 8.55. The zero-order chi connectivity index (χ0) is 19.9. The van der Waals surface area contributed by atoms with Crippen molar-refractivity contribution >= 4 is 29.2 Å². The summed E-state index contributed by atoms with van der Waals surface area (Å²) in [5, 5.41) is 6.42. The highest BCUT2D eigenvalue weighted by molar-refractivity contribution is 6.30. The SMILES string of the molecule is Cc1cc(Cl)ccc1NC(=NCc1cccnc1)NC(=O)c1cccc(F)c1. The molecule has 0 atom stereocenters. The molecule has 3 rings (SSSR count). The summed E-state index contributed by atoms with van der Waals surface area (Å²) in [6.07, 6.45) is 3.37. The molecule has 0 unspecified atom stereocenters. The summed E-state index contributed by atoms with van der Waals surface area (Å²) >= 11 is 6.00. The van der Waals surface area contributed by atoms with E-state index in [9.17, 15) is 9.18 Å². The summed E-state index contributed by atoms with van der Waals surface area (Å²) in [7, 11) is 0. The fourth-order valence-electron chi connectivity index (χ4n) is 2.48. The van der Waals surface area contributed by atoms with Crippen LogP contribution >= 0.6 is 11.6 Å². The molecule has 28 heavy (non-hydrogen) atoms. The molecule has 2 aromatic carbocycles. The van der Waals surface area contributed by atoms with E-state index in [0.29, 0.717) is 11.6 Å². The van der Waals surface area contributed by atoms with Crippen molar-refractivity contribution in [2.24, 2.45) is 4.99 Å². The number of nitrogens with zero attached hydrogens (tertiary/aromatic N) is 2. The number of anilines is 1. The van der Waals surface area contributed by atoms with E-state index in [2.05, 4.69) is 20.6 Å². The highest BCUT2D eigenvalue weighted by Gasteiger charge is 2.11. The van der Waals surface area contributed by atoms with Gasteiger partial charge in [-0.3, -0.25) is 15.1 Å². The Labute approximate surface area is 167 Å². The maximum absolute atomic E-state index is 13.4. The zero-order valence-electron chi connectivity index (χ0n) is 15.1. The summed E-state index contributed by atoms with van der Waals surface area (Å²) in [5.74, 6) is -0.713. The van der Waals surface area contributed by atoms with Crippen LogP contribution < -0.4 is 10.6 Å². The molecule has 0 aliphatic heterocycles. The summed E-state index contributed by atoms with van der Waals surface area (Å²) in [4.78, 5) is 21.0. The average Bonchev–Trinajstić information content (AvgIpc) is 2.69. The number of halogens is 2. The number of carbonyl (C=O) groups excluding carboxylic acids is 1. The third-order valence-corrected chi connectivity index (χ3v) is 4.14. The van der Waals surface area contributed by atoms with Crippen LogP contribution in [0.4, 0.5) is 10.1 Å². The summed E-state index contributed by atoms with van der Waals surface area (Å²) in [5.41, 5.74) is 2.72. The second kappa shape index (κ2) is 9.10. The lowest BCUT2D eigenvalue weighted by Gasteiger charge is -2.14. The zero-order valence-corrected chi connectivity index (χ0v) is 15.9. The number of carbonyl (C=O) groups is 1. The predicted octanol–water partition coefficient (Wildman–Crippen LogP) is 4.58. The highest BCUT2D eigenvalue weighted by atomic mass is 35.5. The van der Waals surface area contributed by atoms with Gasteiger partial charge in [-0.2, -0.15) is 0 Å². The first-order valence-corrected chi connectivity index (χ1v) is 8.92. The van der Waals surface area contributed by atoms with Gasteiger partial charge in [0.25, 0.3) is 5.91 Å². The van der Waals surface area contributed by atoms with E-state index < -0.39 is 11.7 Å². The Morgan fingerprint density at radius 1 is 1.18 bits per heavy atom. The molecule has 1 amide bonds. The summed E-state index contributed by atoms with van der Waals surface area (Å²) in [6.45, 7) is 2.20. The Kier molecular flexibility index (Phi) is 6.34. The number of pyridine rings is 1. The van der Waals surface area contributed by atoms with E-state index >= 15 is 0 Å². The number of hydrogen-bond donors (Lipinski definition) is 2. The summed E-state index contributed by atoms with van der Waals surface area (Å²) < 4.78 is 13.4. The number of guanidine groups is 1. The first-order chi connectivity index (χ1) is 13.5. The Bertz CT molecular complexity index is 1010. The number of benzene rings is 2. The van der Waals surface area contributed by atoms with Crippen molar-refractivity contribution in [3.05, 3.63) is 94.5 Å². The summed E-state index contributed by atoms with van der Waals surface area (Å²) in [6, 6.07) is 14.5. The first kappa shape index (κ1) is 19.5. The fourth-order valence-corrected chi connectivity index (χ4v) is 2.70. The molecular formula is C21H18ClFN4O. The number of hydrogen-bond acceptors (Lipinski definition) is 3. The Hall–Kier alpha value is -3.25. The second-order valence-corrected chi connectivity index (χ2v) is 6.51. The smallest absolute Gasteiger partial charge is 0.258 e. The molecule has 0 spiro atoms. The van der Waals surface area contributed by atoms with Gasteiger partial charge in [0.05, 0.1) is 6.54 Å². The Morgan fingerprint density at radius 3 is 2.75 bits per heavy atom. The maximum atomic E-state index is 13.4. The molecule has 5 nitrogen and oxygen atoms in total. The third-order valence-electron chi connectivity index (χ3n) is 3.90. The van der Waals surface area contributed by atoms with Crippen LogP contribution in [0.25, 0.3) is 0 Å². The van der Waals surface area contributed by atoms with Crippen LogP contribution in [0.1, 0.15) is 21.5 Å². The maximum Gasteiger partial charge on any atom is 0.258 e. The van der Waals surface area contributed by atoms with Crippen LogP contribution in [0.15, 0.2) is 72.0 Å². The molecule has 2 N–H and O–H groups in total. The molecule has 1 aromatic heterocycles. The van der Waals surface area contributed by atoms with E-state index in [-0.39, 0.29) is 11.5 Å². The minimum Gasteiger partial charge on any atom is -0.326 e. The van der Waals surface area contributed by atoms with Crippen molar-refractivity contribution in [1.82, 2.24) is 10.3 Å². The van der Waals surface area contributed by atoms with E-state index in [4.69, 9.17) is 11.6 Å². The van der Waals surface area contributed by atoms with Gasteiger partial charge in [-0.05, 0) is 60.5 Å². The molecule has 0 radical (unpaired) electrons. The van der Waals surface area contributed by atoms with Gasteiger partial charge in [0.1, 0.15) is 5.82 Å². The van der Waals surface area contributed by atoms with Crippen LogP contribution in [0, 0.1) is 12.7 Å². The van der Waals surface area contributed by atoms with E-state index in [1.165, 1.54) is 24.3 Å². The van der Waals surface area contributed by atoms with E-state index in [0.717, 1.165) is 16.8 Å². The fraction of sp³-hybridized carbons (Fsp3) is 0.0952. The average molecular weight is 397 g/mol. The number of amides is 1. The van der Waals surface area contributed by atoms with Gasteiger partial charge in [-0.1, -0.05) is 23.7 Å².